The van der Waals surface area contributed by atoms with E-state index >= 15 is 0 Å². The molecule has 0 unspecified atom stereocenters. The summed E-state index contributed by atoms with van der Waals surface area (Å²) in [5.41, 5.74) is -0.0224. The maximum atomic E-state index is 12.2. The van der Waals surface area contributed by atoms with Crippen molar-refractivity contribution in [1.29, 1.82) is 0 Å². The molecule has 1 aromatic carbocycles. The van der Waals surface area contributed by atoms with Crippen LogP contribution in [0.1, 0.15) is 5.56 Å². The summed E-state index contributed by atoms with van der Waals surface area (Å²) in [5.74, 6) is 0.559. The van der Waals surface area contributed by atoms with Gasteiger partial charge in [0.05, 0.1) is 11.8 Å². The van der Waals surface area contributed by atoms with E-state index in [4.69, 9.17) is 4.42 Å². The van der Waals surface area contributed by atoms with E-state index < -0.39 is 11.7 Å². The number of rotatable bonds is 1. The van der Waals surface area contributed by atoms with Crippen molar-refractivity contribution in [2.75, 3.05) is 0 Å². The first-order valence-corrected chi connectivity index (χ1v) is 4.28. The van der Waals surface area contributed by atoms with Crippen LogP contribution in [0.3, 0.4) is 0 Å². The molecular weight excluding hydrogens is 205 g/mol. The van der Waals surface area contributed by atoms with Crippen molar-refractivity contribution in [2.24, 2.45) is 0 Å². The van der Waals surface area contributed by atoms with Crippen molar-refractivity contribution in [3.8, 4) is 11.3 Å². The van der Waals surface area contributed by atoms with Gasteiger partial charge in [-0.05, 0) is 24.3 Å². The molecule has 0 aliphatic rings. The lowest BCUT2D eigenvalue weighted by Crippen LogP contribution is -2.03. The maximum Gasteiger partial charge on any atom is 0.416 e. The third kappa shape index (κ3) is 2.03. The summed E-state index contributed by atoms with van der Waals surface area (Å²) in [6.45, 7) is 0. The number of halogens is 3. The fraction of sp³-hybridized carbons (Fsp3) is 0.0909. The summed E-state index contributed by atoms with van der Waals surface area (Å²) in [4.78, 5) is 0. The van der Waals surface area contributed by atoms with Crippen LogP contribution in [0.15, 0.2) is 47.1 Å². The second-order valence-corrected chi connectivity index (χ2v) is 3.05. The average molecular weight is 212 g/mol. The highest BCUT2D eigenvalue weighted by atomic mass is 19.4. The molecule has 15 heavy (non-hydrogen) atoms. The van der Waals surface area contributed by atoms with Crippen LogP contribution < -0.4 is 0 Å². The minimum Gasteiger partial charge on any atom is -0.464 e. The smallest absolute Gasteiger partial charge is 0.416 e. The third-order valence-electron chi connectivity index (χ3n) is 2.02. The molecule has 0 aliphatic heterocycles. The Morgan fingerprint density at radius 1 is 0.933 bits per heavy atom. The minimum atomic E-state index is -4.29. The van der Waals surface area contributed by atoms with E-state index in [0.717, 1.165) is 12.1 Å². The van der Waals surface area contributed by atoms with Crippen molar-refractivity contribution < 1.29 is 17.6 Å². The molecular formula is C11H7F3O. The van der Waals surface area contributed by atoms with E-state index in [1.54, 1.807) is 12.1 Å². The average Bonchev–Trinajstić information content (AvgIpc) is 2.69. The Morgan fingerprint density at radius 2 is 1.60 bits per heavy atom. The number of furan rings is 1. The summed E-state index contributed by atoms with van der Waals surface area (Å²) in [6, 6.07) is 8.24. The molecule has 1 nitrogen and oxygen atoms in total. The Bertz CT molecular complexity index is 426. The first kappa shape index (κ1) is 9.83. The number of hydrogen-bond donors (Lipinski definition) is 0. The van der Waals surface area contributed by atoms with E-state index in [0.29, 0.717) is 11.3 Å². The van der Waals surface area contributed by atoms with Gasteiger partial charge in [0, 0.05) is 5.56 Å². The Morgan fingerprint density at radius 3 is 2.07 bits per heavy atom. The van der Waals surface area contributed by atoms with Crippen LogP contribution in [0.4, 0.5) is 13.2 Å². The SMILES string of the molecule is FC(F)(F)c1ccc(-c2ccco2)cc1. The van der Waals surface area contributed by atoms with Gasteiger partial charge < -0.3 is 4.42 Å². The topological polar surface area (TPSA) is 13.1 Å². The zero-order valence-corrected chi connectivity index (χ0v) is 7.58. The van der Waals surface area contributed by atoms with Gasteiger partial charge in [-0.1, -0.05) is 12.1 Å². The molecule has 0 saturated heterocycles. The molecule has 0 saturated carbocycles. The van der Waals surface area contributed by atoms with Gasteiger partial charge >= 0.3 is 6.18 Å². The minimum absolute atomic E-state index is 0.559. The molecule has 0 aliphatic carbocycles. The van der Waals surface area contributed by atoms with Crippen molar-refractivity contribution in [1.82, 2.24) is 0 Å². The number of benzene rings is 1. The Hall–Kier alpha value is -1.71. The van der Waals surface area contributed by atoms with Crippen molar-refractivity contribution in [3.63, 3.8) is 0 Å². The Balaban J connectivity index is 2.33. The van der Waals surface area contributed by atoms with Crippen LogP contribution in [-0.4, -0.2) is 0 Å². The predicted molar refractivity (Wildman–Crippen MR) is 49.1 cm³/mol. The summed E-state index contributed by atoms with van der Waals surface area (Å²) in [7, 11) is 0. The molecule has 0 amide bonds. The van der Waals surface area contributed by atoms with Gasteiger partial charge in [0.15, 0.2) is 0 Å². The molecule has 0 radical (unpaired) electrons. The van der Waals surface area contributed by atoms with Gasteiger partial charge in [0.25, 0.3) is 0 Å². The van der Waals surface area contributed by atoms with E-state index in [2.05, 4.69) is 0 Å². The number of hydrogen-bond acceptors (Lipinski definition) is 1. The highest BCUT2D eigenvalue weighted by Crippen LogP contribution is 2.30. The van der Waals surface area contributed by atoms with E-state index in [-0.39, 0.29) is 0 Å². The zero-order valence-electron chi connectivity index (χ0n) is 7.58. The normalized spacial score (nSPS) is 11.7. The number of alkyl halides is 3. The summed E-state index contributed by atoms with van der Waals surface area (Å²) in [6.07, 6.45) is -2.81. The van der Waals surface area contributed by atoms with Crippen LogP contribution in [-0.2, 0) is 6.18 Å². The van der Waals surface area contributed by atoms with Gasteiger partial charge in [-0.2, -0.15) is 13.2 Å². The Labute approximate surface area is 84.1 Å². The molecule has 4 heteroatoms. The quantitative estimate of drug-likeness (QED) is 0.697. The molecule has 78 valence electrons. The van der Waals surface area contributed by atoms with Gasteiger partial charge in [-0.15, -0.1) is 0 Å². The highest BCUT2D eigenvalue weighted by Gasteiger charge is 2.29. The molecule has 2 aromatic rings. The third-order valence-corrected chi connectivity index (χ3v) is 2.02. The van der Waals surface area contributed by atoms with Crippen LogP contribution in [0.2, 0.25) is 0 Å². The first-order valence-electron chi connectivity index (χ1n) is 4.28. The molecule has 1 aromatic heterocycles. The van der Waals surface area contributed by atoms with Crippen LogP contribution in [0.5, 0.6) is 0 Å². The first-order chi connectivity index (χ1) is 7.07. The fourth-order valence-corrected chi connectivity index (χ4v) is 1.27. The predicted octanol–water partition coefficient (Wildman–Crippen LogP) is 3.97. The second-order valence-electron chi connectivity index (χ2n) is 3.05. The fourth-order valence-electron chi connectivity index (χ4n) is 1.27. The monoisotopic (exact) mass is 212 g/mol. The molecule has 1 heterocycles. The van der Waals surface area contributed by atoms with Crippen molar-refractivity contribution >= 4 is 0 Å². The largest absolute Gasteiger partial charge is 0.464 e. The lowest BCUT2D eigenvalue weighted by Gasteiger charge is -2.06. The van der Waals surface area contributed by atoms with Crippen LogP contribution in [0, 0.1) is 0 Å². The Kier molecular flexibility index (Phi) is 2.26. The van der Waals surface area contributed by atoms with Crippen molar-refractivity contribution in [2.45, 2.75) is 6.18 Å². The molecule has 0 fully saturated rings. The van der Waals surface area contributed by atoms with Crippen molar-refractivity contribution in [3.05, 3.63) is 48.2 Å². The summed E-state index contributed by atoms with van der Waals surface area (Å²) < 4.78 is 41.8. The molecule has 0 atom stereocenters. The lowest BCUT2D eigenvalue weighted by atomic mass is 10.1. The molecule has 2 rings (SSSR count). The summed E-state index contributed by atoms with van der Waals surface area (Å²) >= 11 is 0. The van der Waals surface area contributed by atoms with Gasteiger partial charge in [-0.3, -0.25) is 0 Å². The van der Waals surface area contributed by atoms with E-state index in [9.17, 15) is 13.2 Å². The molecule has 0 spiro atoms. The zero-order chi connectivity index (χ0) is 10.9. The van der Waals surface area contributed by atoms with Gasteiger partial charge in [-0.25, -0.2) is 0 Å². The maximum absolute atomic E-state index is 12.2. The van der Waals surface area contributed by atoms with E-state index in [1.165, 1.54) is 18.4 Å². The van der Waals surface area contributed by atoms with Crippen LogP contribution in [0.25, 0.3) is 11.3 Å². The standard InChI is InChI=1S/C11H7F3O/c12-11(13,14)9-5-3-8(4-6-9)10-2-1-7-15-10/h1-7H. The molecule has 0 N–H and O–H groups in total. The lowest BCUT2D eigenvalue weighted by molar-refractivity contribution is -0.137. The van der Waals surface area contributed by atoms with E-state index in [1.807, 2.05) is 0 Å². The highest BCUT2D eigenvalue weighted by molar-refractivity contribution is 5.57. The van der Waals surface area contributed by atoms with Gasteiger partial charge in [0.2, 0.25) is 0 Å². The van der Waals surface area contributed by atoms with Crippen LogP contribution >= 0.6 is 0 Å². The molecule has 0 bridgehead atoms. The van der Waals surface area contributed by atoms with Gasteiger partial charge in [0.1, 0.15) is 5.76 Å². The second kappa shape index (κ2) is 3.46. The summed E-state index contributed by atoms with van der Waals surface area (Å²) in [5, 5.41) is 0.